The molecule has 2 aliphatic rings. The van der Waals surface area contributed by atoms with E-state index in [1.807, 2.05) is 96.0 Å². The van der Waals surface area contributed by atoms with Gasteiger partial charge < -0.3 is 66.4 Å². The van der Waals surface area contributed by atoms with E-state index >= 15 is 0 Å². The van der Waals surface area contributed by atoms with Gasteiger partial charge in [-0.15, -0.1) is 0 Å². The highest BCUT2D eigenvalue weighted by Crippen LogP contribution is 2.31. The zero-order valence-electron chi connectivity index (χ0n) is 64.6. The first-order valence-electron chi connectivity index (χ1n) is 37.0. The lowest BCUT2D eigenvalue weighted by Crippen LogP contribution is -2.60. The first-order chi connectivity index (χ1) is 50.3. The monoisotopic (exact) mass is 1480 g/mol. The van der Waals surface area contributed by atoms with Crippen molar-refractivity contribution in [2.75, 3.05) is 78.9 Å². The van der Waals surface area contributed by atoms with Crippen LogP contribution < -0.4 is 42.5 Å². The lowest BCUT2D eigenvalue weighted by atomic mass is 9.89. The number of likely N-dealkylation sites (tertiary alicyclic amines) is 1. The Hall–Kier alpha value is -9.28. The number of hydrogen-bond donors (Lipinski definition) is 7. The zero-order chi connectivity index (χ0) is 78.5. The number of amides is 12. The van der Waals surface area contributed by atoms with Crippen molar-refractivity contribution in [2.24, 2.45) is 35.3 Å². The fourth-order valence-corrected chi connectivity index (χ4v) is 13.6. The summed E-state index contributed by atoms with van der Waals surface area (Å²) in [6.45, 7) is 18.1. The summed E-state index contributed by atoms with van der Waals surface area (Å²) in [6, 6.07) is 17.0. The lowest BCUT2D eigenvalue weighted by Gasteiger charge is -2.41. The second kappa shape index (κ2) is 43.4. The van der Waals surface area contributed by atoms with E-state index in [9.17, 15) is 57.5 Å². The number of carbonyl (C=O) groups is 12. The molecular formula is C78H116N12O16. The number of ether oxygens (including phenoxy) is 4. The normalized spacial score (nSPS) is 16.4. The number of methoxy groups -OCH3 is 3. The number of esters is 1. The number of imide groups is 1. The van der Waals surface area contributed by atoms with Gasteiger partial charge in [0.15, 0.2) is 0 Å². The number of anilines is 2. The predicted octanol–water partition coefficient (Wildman–Crippen LogP) is 6.42. The number of unbranched alkanes of at least 4 members (excludes halogenated alkanes) is 2. The Bertz CT molecular complexity index is 3430. The average Bonchev–Trinajstić information content (AvgIpc) is 1.42. The quantitative estimate of drug-likeness (QED) is 0.0183. The van der Waals surface area contributed by atoms with Crippen molar-refractivity contribution in [1.82, 2.24) is 46.2 Å². The van der Waals surface area contributed by atoms with Crippen molar-refractivity contribution in [3.63, 3.8) is 0 Å². The Morgan fingerprint density at radius 3 is 1.88 bits per heavy atom. The average molecular weight is 1480 g/mol. The molecule has 12 amide bonds. The molecule has 0 saturated carbocycles. The Morgan fingerprint density at radius 1 is 0.660 bits per heavy atom. The van der Waals surface area contributed by atoms with Crippen LogP contribution in [-0.4, -0.2) is 214 Å². The third-order valence-corrected chi connectivity index (χ3v) is 19.9. The third-order valence-electron chi connectivity index (χ3n) is 19.9. The van der Waals surface area contributed by atoms with Crippen LogP contribution in [0.25, 0.3) is 0 Å². The molecule has 2 heterocycles. The van der Waals surface area contributed by atoms with E-state index in [-0.39, 0.29) is 111 Å². The fraction of sp³-hybridized carbons (Fsp3) is 0.590. The minimum atomic E-state index is -1.08. The summed E-state index contributed by atoms with van der Waals surface area (Å²) in [7, 11) is 9.46. The van der Waals surface area contributed by atoms with Crippen molar-refractivity contribution in [1.29, 1.82) is 0 Å². The molecule has 1 saturated heterocycles. The van der Waals surface area contributed by atoms with Crippen LogP contribution in [0.4, 0.5) is 21.0 Å². The largest absolute Gasteiger partial charge is 0.467 e. The molecule has 3 aromatic rings. The highest BCUT2D eigenvalue weighted by molar-refractivity contribution is 6.12. The molecule has 0 spiro atoms. The second-order valence-corrected chi connectivity index (χ2v) is 28.7. The van der Waals surface area contributed by atoms with Crippen molar-refractivity contribution in [3.8, 4) is 0 Å². The van der Waals surface area contributed by atoms with Gasteiger partial charge in [0, 0.05) is 90.9 Å². The maximum absolute atomic E-state index is 14.9. The second-order valence-electron chi connectivity index (χ2n) is 28.7. The summed E-state index contributed by atoms with van der Waals surface area (Å²) in [5.41, 5.74) is 8.60. The van der Waals surface area contributed by atoms with Crippen LogP contribution in [0.2, 0.25) is 0 Å². The fourth-order valence-electron chi connectivity index (χ4n) is 13.6. The molecule has 0 radical (unpaired) electrons. The van der Waals surface area contributed by atoms with E-state index in [0.29, 0.717) is 75.0 Å². The van der Waals surface area contributed by atoms with E-state index in [0.717, 1.165) is 16.0 Å². The number of likely N-dealkylation sites (N-methyl/N-ethyl adjacent to an activating group) is 2. The van der Waals surface area contributed by atoms with E-state index in [4.69, 9.17) is 24.7 Å². The number of hydrogen-bond acceptors (Lipinski definition) is 17. The molecule has 11 atom stereocenters. The van der Waals surface area contributed by atoms with E-state index in [1.54, 1.807) is 81.1 Å². The molecule has 0 aliphatic carbocycles. The topological polar surface area (TPSA) is 356 Å². The maximum atomic E-state index is 14.9. The number of nitrogens with zero attached hydrogens (tertiary/aromatic N) is 5. The molecule has 0 aromatic heterocycles. The van der Waals surface area contributed by atoms with Gasteiger partial charge in [-0.1, -0.05) is 130 Å². The minimum Gasteiger partial charge on any atom is -0.467 e. The Morgan fingerprint density at radius 2 is 1.29 bits per heavy atom. The van der Waals surface area contributed by atoms with Gasteiger partial charge in [0.05, 0.1) is 49.8 Å². The van der Waals surface area contributed by atoms with Gasteiger partial charge in [-0.3, -0.25) is 57.9 Å². The molecule has 8 N–H and O–H groups in total. The maximum Gasteiger partial charge on any atom is 0.414 e. The van der Waals surface area contributed by atoms with Gasteiger partial charge in [-0.25, -0.2) is 14.4 Å². The number of nitrogens with two attached hydrogens (primary N) is 1. The van der Waals surface area contributed by atoms with Gasteiger partial charge in [0.1, 0.15) is 30.8 Å². The zero-order valence-corrected chi connectivity index (χ0v) is 64.6. The summed E-state index contributed by atoms with van der Waals surface area (Å²) in [6.07, 6.45) is 4.99. The lowest BCUT2D eigenvalue weighted by molar-refractivity contribution is -0.149. The van der Waals surface area contributed by atoms with Crippen LogP contribution in [0.5, 0.6) is 0 Å². The Kier molecular flexibility index (Phi) is 35.7. The van der Waals surface area contributed by atoms with Gasteiger partial charge in [-0.05, 0) is 117 Å². The summed E-state index contributed by atoms with van der Waals surface area (Å²) in [5.74, 6) is -5.84. The number of urea groups is 1. The van der Waals surface area contributed by atoms with Gasteiger partial charge >= 0.3 is 18.1 Å². The molecule has 5 rings (SSSR count). The molecule has 28 heteroatoms. The van der Waals surface area contributed by atoms with E-state index < -0.39 is 96.2 Å². The van der Waals surface area contributed by atoms with Crippen LogP contribution in [0.15, 0.2) is 91.0 Å². The van der Waals surface area contributed by atoms with Gasteiger partial charge in [-0.2, -0.15) is 0 Å². The summed E-state index contributed by atoms with van der Waals surface area (Å²) >= 11 is 0. The first-order valence-corrected chi connectivity index (χ1v) is 37.0. The number of nitrogens with one attached hydrogen (secondary N) is 6. The molecule has 1 unspecified atom stereocenters. The molecule has 106 heavy (non-hydrogen) atoms. The number of rotatable bonds is 43. The van der Waals surface area contributed by atoms with Crippen LogP contribution >= 0.6 is 0 Å². The van der Waals surface area contributed by atoms with Crippen molar-refractivity contribution >= 4 is 82.6 Å². The first kappa shape index (κ1) is 87.4. The van der Waals surface area contributed by atoms with Crippen LogP contribution in [0.1, 0.15) is 143 Å². The van der Waals surface area contributed by atoms with Crippen LogP contribution in [0.3, 0.4) is 0 Å². The minimum absolute atomic E-state index is 0.0696. The predicted molar refractivity (Wildman–Crippen MR) is 402 cm³/mol. The van der Waals surface area contributed by atoms with Crippen LogP contribution in [-0.2, 0) is 86.3 Å². The molecule has 2 aliphatic heterocycles. The Labute approximate surface area is 625 Å². The molecule has 0 bridgehead atoms. The Balaban J connectivity index is 1.13. The number of carbonyl (C=O) groups excluding carboxylic acids is 12. The smallest absolute Gasteiger partial charge is 0.414 e. The van der Waals surface area contributed by atoms with Crippen LogP contribution in [0, 0.1) is 29.6 Å². The highest BCUT2D eigenvalue weighted by atomic mass is 16.6. The molecule has 28 nitrogen and oxygen atoms in total. The van der Waals surface area contributed by atoms with Crippen molar-refractivity contribution in [3.05, 3.63) is 108 Å². The number of primary amides is 1. The van der Waals surface area contributed by atoms with E-state index in [1.165, 1.54) is 38.4 Å². The third kappa shape index (κ3) is 26.0. The highest BCUT2D eigenvalue weighted by Gasteiger charge is 2.44. The summed E-state index contributed by atoms with van der Waals surface area (Å²) in [4.78, 5) is 168. The van der Waals surface area contributed by atoms with Crippen molar-refractivity contribution < 1.29 is 76.5 Å². The van der Waals surface area contributed by atoms with Gasteiger partial charge in [0.2, 0.25) is 41.4 Å². The van der Waals surface area contributed by atoms with Crippen molar-refractivity contribution in [2.45, 2.75) is 200 Å². The molecular weight excluding hydrogens is 1360 g/mol. The molecule has 3 aromatic carbocycles. The van der Waals surface area contributed by atoms with Gasteiger partial charge in [0.25, 0.3) is 11.8 Å². The standard InChI is InChI=1S/C78H116N12O16/c1-16-51(8)69(61(103-13)46-65(94)89-43-24-28-60(89)70(104-14)52(9)71(95)83-59(76(100)105-15)45-54-25-19-17-20-26-54)88(12)75(99)67(49(4)5)85-74(98)68(50(6)7)86(10)44-40-53-32-36-57(37-33-53)87(11)78(102)106-47-55-30-34-56(35-31-55)81-72(96)58(27-23-41-80-77(79)101)82-73(97)66(48(2)3)84-62(91)29-21-18-22-42-90-63(92)38-39-64(90)93/h17,19-20,25-26,30-39,48-52,58-61,66-70H,16,18,21-24,27-29,40-47H2,1-15H3,(H,81,96)(H,82,97)(H,83,95)(H,84,91)(H,85,98)(H3,79,80,101)/t51-,52+,58-,59-,60-,61+,66-,67-,68-,69-,70?/m0/s1. The summed E-state index contributed by atoms with van der Waals surface area (Å²) in [5, 5.41) is 16.8. The number of benzene rings is 3. The summed E-state index contributed by atoms with van der Waals surface area (Å²) < 4.78 is 22.8. The molecule has 584 valence electrons. The SMILES string of the molecule is CC[C@H](C)[C@@H]([C@@H](CC(=O)N1CCC[C@H]1C(OC)[C@@H](C)C(=O)N[C@@H](Cc1ccccc1)C(=O)OC)OC)N(C)C(=O)[C@@H](NC(=O)[C@H](C(C)C)N(C)CCc1ccc(N(C)C(=O)OCc2ccc(NC(=O)[C@H](CCCNC(N)=O)NC(=O)[C@@H](NC(=O)CCCCCN3C(=O)C=CC3=O)C(C)C)cc2)cc1)C(C)C. The molecule has 1 fully saturated rings. The van der Waals surface area contributed by atoms with E-state index in [2.05, 4.69) is 31.9 Å².